The van der Waals surface area contributed by atoms with Gasteiger partial charge in [-0.25, -0.2) is 4.79 Å². The number of carbonyl (C=O) groups excluding carboxylic acids is 2. The molecule has 1 N–H and O–H groups in total. The average Bonchev–Trinajstić information content (AvgIpc) is 2.74. The number of hydrogen-bond acceptors (Lipinski definition) is 4. The van der Waals surface area contributed by atoms with Crippen LogP contribution in [0.5, 0.6) is 0 Å². The van der Waals surface area contributed by atoms with Gasteiger partial charge in [-0.3, -0.25) is 4.79 Å². The SMILES string of the molecule is COC(=O)c1ccc(NC(CC(=O)c2ccccc2)c2ccccc2)cc1. The lowest BCUT2D eigenvalue weighted by Crippen LogP contribution is -2.16. The predicted molar refractivity (Wildman–Crippen MR) is 106 cm³/mol. The predicted octanol–water partition coefficient (Wildman–Crippen LogP) is 4.90. The van der Waals surface area contributed by atoms with Gasteiger partial charge in [0, 0.05) is 17.7 Å². The van der Waals surface area contributed by atoms with Gasteiger partial charge in [0.05, 0.1) is 18.7 Å². The molecule has 0 saturated heterocycles. The Morgan fingerprint density at radius 2 is 1.41 bits per heavy atom. The van der Waals surface area contributed by atoms with Gasteiger partial charge < -0.3 is 10.1 Å². The molecule has 0 aliphatic carbocycles. The van der Waals surface area contributed by atoms with E-state index in [9.17, 15) is 9.59 Å². The van der Waals surface area contributed by atoms with Crippen molar-refractivity contribution < 1.29 is 14.3 Å². The van der Waals surface area contributed by atoms with Gasteiger partial charge in [0.15, 0.2) is 5.78 Å². The van der Waals surface area contributed by atoms with Crippen molar-refractivity contribution in [2.24, 2.45) is 0 Å². The van der Waals surface area contributed by atoms with Gasteiger partial charge in [-0.2, -0.15) is 0 Å². The van der Waals surface area contributed by atoms with Gasteiger partial charge in [0.1, 0.15) is 0 Å². The van der Waals surface area contributed by atoms with Gasteiger partial charge in [-0.1, -0.05) is 60.7 Å². The number of methoxy groups -OCH3 is 1. The smallest absolute Gasteiger partial charge is 0.337 e. The van der Waals surface area contributed by atoms with Crippen LogP contribution in [0.2, 0.25) is 0 Å². The van der Waals surface area contributed by atoms with Crippen LogP contribution in [-0.2, 0) is 4.74 Å². The second-order valence-corrected chi connectivity index (χ2v) is 6.17. The summed E-state index contributed by atoms with van der Waals surface area (Å²) < 4.78 is 4.72. The minimum absolute atomic E-state index is 0.0723. The molecule has 0 heterocycles. The molecule has 0 aliphatic heterocycles. The molecular formula is C23H21NO3. The van der Waals surface area contributed by atoms with E-state index in [0.717, 1.165) is 11.3 Å². The first kappa shape index (κ1) is 18.4. The Bertz CT molecular complexity index is 890. The number of Topliss-reactive ketones (excluding diaryl/α,β-unsaturated/α-hetero) is 1. The number of nitrogens with one attached hydrogen (secondary N) is 1. The Labute approximate surface area is 158 Å². The molecule has 0 radical (unpaired) electrons. The lowest BCUT2D eigenvalue weighted by atomic mass is 9.97. The van der Waals surface area contributed by atoms with E-state index >= 15 is 0 Å². The monoisotopic (exact) mass is 359 g/mol. The third-order valence-electron chi connectivity index (χ3n) is 4.33. The summed E-state index contributed by atoms with van der Waals surface area (Å²) in [6, 6.07) is 26.0. The normalized spacial score (nSPS) is 11.4. The molecule has 0 aliphatic rings. The first-order valence-corrected chi connectivity index (χ1v) is 8.75. The summed E-state index contributed by atoms with van der Waals surface area (Å²) in [6.07, 6.45) is 0.326. The van der Waals surface area contributed by atoms with Crippen molar-refractivity contribution in [1.29, 1.82) is 0 Å². The van der Waals surface area contributed by atoms with Crippen molar-refractivity contribution in [2.75, 3.05) is 12.4 Å². The van der Waals surface area contributed by atoms with Crippen molar-refractivity contribution in [3.05, 3.63) is 102 Å². The molecule has 3 aromatic rings. The maximum Gasteiger partial charge on any atom is 0.337 e. The highest BCUT2D eigenvalue weighted by Crippen LogP contribution is 2.25. The number of ether oxygens (including phenoxy) is 1. The van der Waals surface area contributed by atoms with E-state index in [1.807, 2.05) is 72.8 Å². The summed E-state index contributed by atoms with van der Waals surface area (Å²) in [5.41, 5.74) is 3.04. The summed E-state index contributed by atoms with van der Waals surface area (Å²) >= 11 is 0. The fraction of sp³-hybridized carbons (Fsp3) is 0.130. The molecule has 4 nitrogen and oxygen atoms in total. The first-order chi connectivity index (χ1) is 13.2. The van der Waals surface area contributed by atoms with Crippen LogP contribution in [0.1, 0.15) is 38.7 Å². The highest BCUT2D eigenvalue weighted by atomic mass is 16.5. The molecule has 136 valence electrons. The lowest BCUT2D eigenvalue weighted by Gasteiger charge is -2.20. The number of ketones is 1. The fourth-order valence-electron chi connectivity index (χ4n) is 2.89. The summed E-state index contributed by atoms with van der Waals surface area (Å²) in [7, 11) is 1.36. The van der Waals surface area contributed by atoms with E-state index in [2.05, 4.69) is 5.32 Å². The summed E-state index contributed by atoms with van der Waals surface area (Å²) in [4.78, 5) is 24.3. The quantitative estimate of drug-likeness (QED) is 0.481. The molecule has 0 saturated carbocycles. The first-order valence-electron chi connectivity index (χ1n) is 8.75. The molecule has 1 atom stereocenters. The topological polar surface area (TPSA) is 55.4 Å². The Morgan fingerprint density at radius 1 is 0.815 bits per heavy atom. The van der Waals surface area contributed by atoms with E-state index in [1.54, 1.807) is 12.1 Å². The van der Waals surface area contributed by atoms with Gasteiger partial charge in [-0.15, -0.1) is 0 Å². The minimum atomic E-state index is -0.375. The minimum Gasteiger partial charge on any atom is -0.465 e. The van der Waals surface area contributed by atoms with Crippen molar-refractivity contribution in [1.82, 2.24) is 0 Å². The summed E-state index contributed by atoms with van der Waals surface area (Å²) in [6.45, 7) is 0. The van der Waals surface area contributed by atoms with Gasteiger partial charge >= 0.3 is 5.97 Å². The maximum atomic E-state index is 12.7. The van der Waals surface area contributed by atoms with Crippen molar-refractivity contribution in [2.45, 2.75) is 12.5 Å². The third kappa shape index (κ3) is 4.82. The van der Waals surface area contributed by atoms with Crippen LogP contribution < -0.4 is 5.32 Å². The Morgan fingerprint density at radius 3 is 2.00 bits per heavy atom. The standard InChI is InChI=1S/C23H21NO3/c1-27-23(26)19-12-14-20(15-13-19)24-21(17-8-4-2-5-9-17)16-22(25)18-10-6-3-7-11-18/h2-15,21,24H,16H2,1H3. The van der Waals surface area contributed by atoms with Crippen LogP contribution >= 0.6 is 0 Å². The van der Waals surface area contributed by atoms with E-state index < -0.39 is 0 Å². The van der Waals surface area contributed by atoms with Gasteiger partial charge in [-0.05, 0) is 29.8 Å². The molecule has 3 aromatic carbocycles. The number of benzene rings is 3. The van der Waals surface area contributed by atoms with Crippen LogP contribution in [0.25, 0.3) is 0 Å². The van der Waals surface area contributed by atoms with Crippen molar-refractivity contribution in [3.63, 3.8) is 0 Å². The second-order valence-electron chi connectivity index (χ2n) is 6.17. The zero-order valence-electron chi connectivity index (χ0n) is 15.1. The van der Waals surface area contributed by atoms with Crippen LogP contribution in [0.15, 0.2) is 84.9 Å². The van der Waals surface area contributed by atoms with E-state index in [-0.39, 0.29) is 17.8 Å². The van der Waals surface area contributed by atoms with E-state index in [4.69, 9.17) is 4.74 Å². The van der Waals surface area contributed by atoms with Crippen LogP contribution in [0.3, 0.4) is 0 Å². The Balaban J connectivity index is 1.80. The molecule has 0 bridgehead atoms. The molecule has 0 amide bonds. The second kappa shape index (κ2) is 8.81. The highest BCUT2D eigenvalue weighted by molar-refractivity contribution is 5.96. The van der Waals surface area contributed by atoms with Gasteiger partial charge in [0.2, 0.25) is 0 Å². The third-order valence-corrected chi connectivity index (χ3v) is 4.33. The number of carbonyl (C=O) groups is 2. The number of hydrogen-bond donors (Lipinski definition) is 1. The van der Waals surface area contributed by atoms with Gasteiger partial charge in [0.25, 0.3) is 0 Å². The number of esters is 1. The van der Waals surface area contributed by atoms with Crippen molar-refractivity contribution >= 4 is 17.4 Å². The zero-order chi connectivity index (χ0) is 19.1. The molecule has 3 rings (SSSR count). The molecule has 0 fully saturated rings. The van der Waals surface area contributed by atoms with Crippen LogP contribution in [0, 0.1) is 0 Å². The van der Waals surface area contributed by atoms with E-state index in [1.165, 1.54) is 7.11 Å². The van der Waals surface area contributed by atoms with Crippen LogP contribution in [-0.4, -0.2) is 18.9 Å². The highest BCUT2D eigenvalue weighted by Gasteiger charge is 2.17. The molecule has 0 aromatic heterocycles. The fourth-order valence-corrected chi connectivity index (χ4v) is 2.89. The van der Waals surface area contributed by atoms with Crippen molar-refractivity contribution in [3.8, 4) is 0 Å². The van der Waals surface area contributed by atoms with Crippen LogP contribution in [0.4, 0.5) is 5.69 Å². The maximum absolute atomic E-state index is 12.7. The summed E-state index contributed by atoms with van der Waals surface area (Å²) in [5.74, 6) is -0.302. The number of anilines is 1. The van der Waals surface area contributed by atoms with E-state index in [0.29, 0.717) is 17.5 Å². The molecule has 0 spiro atoms. The molecular weight excluding hydrogens is 338 g/mol. The average molecular weight is 359 g/mol. The largest absolute Gasteiger partial charge is 0.465 e. The molecule has 1 unspecified atom stereocenters. The Hall–Kier alpha value is -3.40. The zero-order valence-corrected chi connectivity index (χ0v) is 15.1. The molecule has 27 heavy (non-hydrogen) atoms. The Kier molecular flexibility index (Phi) is 6.00. The lowest BCUT2D eigenvalue weighted by molar-refractivity contribution is 0.0600. The number of rotatable bonds is 7. The molecule has 4 heteroatoms. The summed E-state index contributed by atoms with van der Waals surface area (Å²) in [5, 5.41) is 3.41.